The van der Waals surface area contributed by atoms with E-state index in [1.807, 2.05) is 13.0 Å². The van der Waals surface area contributed by atoms with Crippen molar-refractivity contribution >= 4 is 28.5 Å². The first kappa shape index (κ1) is 18.5. The van der Waals surface area contributed by atoms with Gasteiger partial charge in [0.15, 0.2) is 6.79 Å². The van der Waals surface area contributed by atoms with E-state index in [0.717, 1.165) is 11.1 Å². The molecular formula is C20H17ClN2O5. The highest BCUT2D eigenvalue weighted by molar-refractivity contribution is 6.30. The van der Waals surface area contributed by atoms with Crippen molar-refractivity contribution in [2.75, 3.05) is 6.79 Å². The smallest absolute Gasteiger partial charge is 0.326 e. The number of aromatic nitrogens is 2. The van der Waals surface area contributed by atoms with Crippen LogP contribution in [0.3, 0.4) is 0 Å². The zero-order valence-electron chi connectivity index (χ0n) is 15.1. The largest absolute Gasteiger partial charge is 0.467 e. The highest BCUT2D eigenvalue weighted by Gasteiger charge is 2.18. The minimum atomic E-state index is -0.559. The Balaban J connectivity index is 1.50. The molecule has 3 aromatic rings. The number of rotatable bonds is 4. The van der Waals surface area contributed by atoms with E-state index in [2.05, 4.69) is 4.98 Å². The number of halogens is 1. The zero-order valence-corrected chi connectivity index (χ0v) is 15.9. The average Bonchev–Trinajstić information content (AvgIpc) is 2.68. The molecule has 0 bridgehead atoms. The molecular weight excluding hydrogens is 384 g/mol. The van der Waals surface area contributed by atoms with Gasteiger partial charge in [0, 0.05) is 16.1 Å². The van der Waals surface area contributed by atoms with E-state index < -0.39 is 5.97 Å². The van der Waals surface area contributed by atoms with Gasteiger partial charge in [0.1, 0.15) is 18.9 Å². The summed E-state index contributed by atoms with van der Waals surface area (Å²) in [6.07, 6.45) is 1.36. The second-order valence-electron chi connectivity index (χ2n) is 6.47. The zero-order chi connectivity index (χ0) is 19.7. The minimum absolute atomic E-state index is 0.0173. The molecule has 4 rings (SSSR count). The lowest BCUT2D eigenvalue weighted by atomic mass is 10.1. The van der Waals surface area contributed by atoms with Crippen LogP contribution in [0.5, 0.6) is 5.75 Å². The van der Waals surface area contributed by atoms with Crippen LogP contribution in [0.4, 0.5) is 0 Å². The molecule has 144 valence electrons. The summed E-state index contributed by atoms with van der Waals surface area (Å²) >= 11 is 6.11. The molecule has 0 fully saturated rings. The van der Waals surface area contributed by atoms with Gasteiger partial charge in [0.25, 0.3) is 5.56 Å². The SMILES string of the molecule is Cc1cccc2c(=O)n(CC(=O)OCc3cc(Cl)cc4c3OCOC4)cnc12. The van der Waals surface area contributed by atoms with Crippen molar-refractivity contribution in [1.29, 1.82) is 0 Å². The molecule has 1 aromatic heterocycles. The molecule has 0 saturated carbocycles. The molecule has 0 spiro atoms. The Labute approximate surface area is 165 Å². The van der Waals surface area contributed by atoms with Gasteiger partial charge in [-0.2, -0.15) is 0 Å². The lowest BCUT2D eigenvalue weighted by Crippen LogP contribution is -2.26. The Morgan fingerprint density at radius 2 is 2.21 bits per heavy atom. The quantitative estimate of drug-likeness (QED) is 0.626. The Morgan fingerprint density at radius 3 is 3.07 bits per heavy atom. The predicted octanol–water partition coefficient (Wildman–Crippen LogP) is 2.97. The third kappa shape index (κ3) is 3.58. The number of fused-ring (bicyclic) bond motifs is 2. The third-order valence-electron chi connectivity index (χ3n) is 4.50. The number of nitrogens with zero attached hydrogens (tertiary/aromatic N) is 2. The van der Waals surface area contributed by atoms with Crippen LogP contribution < -0.4 is 10.3 Å². The molecule has 1 aliphatic heterocycles. The van der Waals surface area contributed by atoms with Crippen molar-refractivity contribution in [3.05, 3.63) is 68.7 Å². The molecule has 0 atom stereocenters. The Morgan fingerprint density at radius 1 is 1.36 bits per heavy atom. The van der Waals surface area contributed by atoms with Gasteiger partial charge >= 0.3 is 5.97 Å². The standard InChI is InChI=1S/C20H17ClN2O5/c1-12-3-2-4-16-18(12)22-10-23(20(16)25)7-17(24)27-9-14-6-15(21)5-13-8-26-11-28-19(13)14/h2-6,10H,7-9,11H2,1H3. The van der Waals surface area contributed by atoms with Crippen LogP contribution in [0.2, 0.25) is 5.02 Å². The van der Waals surface area contributed by atoms with Gasteiger partial charge in [-0.1, -0.05) is 23.7 Å². The highest BCUT2D eigenvalue weighted by Crippen LogP contribution is 2.32. The van der Waals surface area contributed by atoms with Crippen LogP contribution in [0.1, 0.15) is 16.7 Å². The number of hydrogen-bond donors (Lipinski definition) is 0. The molecule has 2 aromatic carbocycles. The normalized spacial score (nSPS) is 13.1. The van der Waals surface area contributed by atoms with E-state index >= 15 is 0 Å². The monoisotopic (exact) mass is 400 g/mol. The number of para-hydroxylation sites is 1. The van der Waals surface area contributed by atoms with Crippen LogP contribution in [0.15, 0.2) is 41.5 Å². The van der Waals surface area contributed by atoms with Crippen LogP contribution in [-0.2, 0) is 34.0 Å². The molecule has 0 saturated heterocycles. The number of aryl methyl sites for hydroxylation is 1. The molecule has 2 heterocycles. The first-order valence-electron chi connectivity index (χ1n) is 8.65. The molecule has 1 aliphatic rings. The Hall–Kier alpha value is -2.90. The number of esters is 1. The molecule has 0 amide bonds. The predicted molar refractivity (Wildman–Crippen MR) is 102 cm³/mol. The maximum Gasteiger partial charge on any atom is 0.326 e. The number of benzene rings is 2. The van der Waals surface area contributed by atoms with E-state index in [0.29, 0.717) is 33.8 Å². The van der Waals surface area contributed by atoms with E-state index in [-0.39, 0.29) is 25.5 Å². The summed E-state index contributed by atoms with van der Waals surface area (Å²) in [5.74, 6) is 0.0557. The first-order chi connectivity index (χ1) is 13.5. The van der Waals surface area contributed by atoms with Crippen molar-refractivity contribution in [3.8, 4) is 5.75 Å². The van der Waals surface area contributed by atoms with Crippen LogP contribution >= 0.6 is 11.6 Å². The summed E-state index contributed by atoms with van der Waals surface area (Å²) in [7, 11) is 0. The lowest BCUT2D eigenvalue weighted by molar-refractivity contribution is -0.145. The summed E-state index contributed by atoms with van der Waals surface area (Å²) in [4.78, 5) is 29.2. The highest BCUT2D eigenvalue weighted by atomic mass is 35.5. The Bertz CT molecular complexity index is 1130. The van der Waals surface area contributed by atoms with E-state index in [1.54, 1.807) is 24.3 Å². The van der Waals surface area contributed by atoms with E-state index in [9.17, 15) is 9.59 Å². The van der Waals surface area contributed by atoms with Crippen molar-refractivity contribution in [3.63, 3.8) is 0 Å². The van der Waals surface area contributed by atoms with E-state index in [4.69, 9.17) is 25.8 Å². The fourth-order valence-corrected chi connectivity index (χ4v) is 3.42. The summed E-state index contributed by atoms with van der Waals surface area (Å²) in [5.41, 5.74) is 2.70. The van der Waals surface area contributed by atoms with Gasteiger partial charge < -0.3 is 14.2 Å². The molecule has 0 N–H and O–H groups in total. The minimum Gasteiger partial charge on any atom is -0.467 e. The fourth-order valence-electron chi connectivity index (χ4n) is 3.16. The lowest BCUT2D eigenvalue weighted by Gasteiger charge is -2.21. The molecule has 8 heteroatoms. The summed E-state index contributed by atoms with van der Waals surface area (Å²) in [5, 5.41) is 0.969. The van der Waals surface area contributed by atoms with Gasteiger partial charge in [-0.3, -0.25) is 14.2 Å². The van der Waals surface area contributed by atoms with Crippen molar-refractivity contribution in [2.45, 2.75) is 26.7 Å². The summed E-state index contributed by atoms with van der Waals surface area (Å²) < 4.78 is 17.3. The van der Waals surface area contributed by atoms with Gasteiger partial charge in [-0.15, -0.1) is 0 Å². The summed E-state index contributed by atoms with van der Waals surface area (Å²) in [6, 6.07) is 8.80. The van der Waals surface area contributed by atoms with Crippen LogP contribution in [0.25, 0.3) is 10.9 Å². The number of ether oxygens (including phenoxy) is 3. The Kier molecular flexibility index (Phi) is 5.02. The molecule has 0 unspecified atom stereocenters. The van der Waals surface area contributed by atoms with Gasteiger partial charge in [-0.25, -0.2) is 4.98 Å². The van der Waals surface area contributed by atoms with Gasteiger partial charge in [-0.05, 0) is 30.7 Å². The van der Waals surface area contributed by atoms with Gasteiger partial charge in [0.2, 0.25) is 0 Å². The average molecular weight is 401 g/mol. The number of carbonyl (C=O) groups is 1. The molecule has 0 aliphatic carbocycles. The number of hydrogen-bond acceptors (Lipinski definition) is 6. The maximum atomic E-state index is 12.6. The third-order valence-corrected chi connectivity index (χ3v) is 4.71. The molecule has 28 heavy (non-hydrogen) atoms. The number of carbonyl (C=O) groups excluding carboxylic acids is 1. The van der Waals surface area contributed by atoms with Crippen LogP contribution in [-0.4, -0.2) is 22.3 Å². The second-order valence-corrected chi connectivity index (χ2v) is 6.91. The second kappa shape index (κ2) is 7.61. The molecule has 0 radical (unpaired) electrons. The first-order valence-corrected chi connectivity index (χ1v) is 9.03. The van der Waals surface area contributed by atoms with Crippen LogP contribution in [0, 0.1) is 6.92 Å². The van der Waals surface area contributed by atoms with Gasteiger partial charge in [0.05, 0.1) is 23.8 Å². The van der Waals surface area contributed by atoms with E-state index in [1.165, 1.54) is 10.9 Å². The maximum absolute atomic E-state index is 12.6. The topological polar surface area (TPSA) is 79.7 Å². The summed E-state index contributed by atoms with van der Waals surface area (Å²) in [6.45, 7) is 2.15. The van der Waals surface area contributed by atoms with Crippen molar-refractivity contribution in [2.24, 2.45) is 0 Å². The van der Waals surface area contributed by atoms with Crippen molar-refractivity contribution < 1.29 is 19.0 Å². The molecule has 7 nitrogen and oxygen atoms in total. The van der Waals surface area contributed by atoms with Crippen molar-refractivity contribution in [1.82, 2.24) is 9.55 Å². The fraction of sp³-hybridized carbons (Fsp3) is 0.250.